The van der Waals surface area contributed by atoms with Crippen LogP contribution in [0.5, 0.6) is 0 Å². The molecule has 0 aliphatic carbocycles. The van der Waals surface area contributed by atoms with E-state index in [0.29, 0.717) is 0 Å². The summed E-state index contributed by atoms with van der Waals surface area (Å²) >= 11 is 0. The summed E-state index contributed by atoms with van der Waals surface area (Å²) in [6, 6.07) is 18.1. The van der Waals surface area contributed by atoms with Crippen molar-refractivity contribution < 1.29 is 0 Å². The van der Waals surface area contributed by atoms with Crippen molar-refractivity contribution in [1.82, 2.24) is 30.1 Å². The van der Waals surface area contributed by atoms with Gasteiger partial charge in [0, 0.05) is 28.7 Å². The zero-order valence-corrected chi connectivity index (χ0v) is 14.7. The first-order valence-corrected chi connectivity index (χ1v) is 9.00. The molecule has 6 rings (SSSR count). The van der Waals surface area contributed by atoms with Gasteiger partial charge in [-0.2, -0.15) is 5.10 Å². The molecule has 0 saturated carbocycles. The Hall–Kier alpha value is -4.06. The average molecular weight is 362 g/mol. The molecule has 6 heteroatoms. The molecule has 0 unspecified atom stereocenters. The van der Waals surface area contributed by atoms with Crippen LogP contribution in [0, 0.1) is 0 Å². The third-order valence-electron chi connectivity index (χ3n) is 5.02. The van der Waals surface area contributed by atoms with Gasteiger partial charge < -0.3 is 4.98 Å². The first kappa shape index (κ1) is 15.0. The quantitative estimate of drug-likeness (QED) is 0.437. The highest BCUT2D eigenvalue weighted by Crippen LogP contribution is 2.35. The molecule has 0 atom stereocenters. The molecule has 0 bridgehead atoms. The van der Waals surface area contributed by atoms with Crippen LogP contribution in [0.2, 0.25) is 0 Å². The van der Waals surface area contributed by atoms with Gasteiger partial charge in [-0.05, 0) is 24.3 Å². The van der Waals surface area contributed by atoms with E-state index < -0.39 is 0 Å². The highest BCUT2D eigenvalue weighted by Gasteiger charge is 2.18. The lowest BCUT2D eigenvalue weighted by molar-refractivity contribution is 1.10. The van der Waals surface area contributed by atoms with Crippen molar-refractivity contribution in [3.63, 3.8) is 0 Å². The van der Waals surface area contributed by atoms with Crippen LogP contribution in [0.25, 0.3) is 55.5 Å². The van der Waals surface area contributed by atoms with Crippen molar-refractivity contribution in [2.45, 2.75) is 0 Å². The second-order valence-electron chi connectivity index (χ2n) is 6.63. The Kier molecular flexibility index (Phi) is 3.07. The molecular formula is C22H14N6. The molecule has 0 saturated heterocycles. The summed E-state index contributed by atoms with van der Waals surface area (Å²) in [5, 5.41) is 9.35. The van der Waals surface area contributed by atoms with Crippen molar-refractivity contribution in [2.75, 3.05) is 0 Å². The lowest BCUT2D eigenvalue weighted by atomic mass is 10.1. The van der Waals surface area contributed by atoms with Gasteiger partial charge in [0.1, 0.15) is 5.82 Å². The van der Waals surface area contributed by atoms with Crippen LogP contribution in [0.3, 0.4) is 0 Å². The Morgan fingerprint density at radius 1 is 0.714 bits per heavy atom. The van der Waals surface area contributed by atoms with E-state index in [2.05, 4.69) is 37.3 Å². The predicted molar refractivity (Wildman–Crippen MR) is 110 cm³/mol. The Bertz CT molecular complexity index is 1390. The van der Waals surface area contributed by atoms with E-state index in [0.717, 1.165) is 55.5 Å². The van der Waals surface area contributed by atoms with Crippen molar-refractivity contribution in [1.29, 1.82) is 0 Å². The SMILES string of the molecule is c1ccc(-c2[nH]ncc2-c2nc3c4cccnc4c4ncccc4c3[nH]2)cc1. The van der Waals surface area contributed by atoms with E-state index in [-0.39, 0.29) is 0 Å². The van der Waals surface area contributed by atoms with Crippen LogP contribution < -0.4 is 0 Å². The first-order valence-electron chi connectivity index (χ1n) is 9.00. The van der Waals surface area contributed by atoms with Gasteiger partial charge in [-0.1, -0.05) is 30.3 Å². The van der Waals surface area contributed by atoms with Crippen LogP contribution in [-0.2, 0) is 0 Å². The molecule has 0 aliphatic heterocycles. The maximum absolute atomic E-state index is 4.94. The number of imidazole rings is 1. The van der Waals surface area contributed by atoms with Crippen molar-refractivity contribution in [2.24, 2.45) is 0 Å². The van der Waals surface area contributed by atoms with Gasteiger partial charge >= 0.3 is 0 Å². The van der Waals surface area contributed by atoms with E-state index in [4.69, 9.17) is 4.98 Å². The Morgan fingerprint density at radius 2 is 1.46 bits per heavy atom. The van der Waals surface area contributed by atoms with E-state index in [9.17, 15) is 0 Å². The lowest BCUT2D eigenvalue weighted by Crippen LogP contribution is -1.86. The molecule has 4 heterocycles. The Balaban J connectivity index is 1.69. The minimum absolute atomic E-state index is 0.768. The molecule has 0 spiro atoms. The van der Waals surface area contributed by atoms with Crippen LogP contribution in [0.1, 0.15) is 0 Å². The summed E-state index contributed by atoms with van der Waals surface area (Å²) in [6.45, 7) is 0. The van der Waals surface area contributed by atoms with Crippen LogP contribution in [-0.4, -0.2) is 30.1 Å². The zero-order valence-electron chi connectivity index (χ0n) is 14.7. The number of fused-ring (bicyclic) bond motifs is 6. The third kappa shape index (κ3) is 2.08. The smallest absolute Gasteiger partial charge is 0.142 e. The minimum Gasteiger partial charge on any atom is -0.337 e. The predicted octanol–water partition coefficient (Wildman–Crippen LogP) is 4.72. The first-order chi connectivity index (χ1) is 13.9. The molecule has 0 aliphatic rings. The Labute approximate surface area is 159 Å². The number of nitrogens with zero attached hydrogens (tertiary/aromatic N) is 4. The maximum atomic E-state index is 4.94. The summed E-state index contributed by atoms with van der Waals surface area (Å²) in [5.41, 5.74) is 6.50. The minimum atomic E-state index is 0.768. The summed E-state index contributed by atoms with van der Waals surface area (Å²) in [7, 11) is 0. The van der Waals surface area contributed by atoms with Gasteiger partial charge in [0.05, 0.1) is 39.5 Å². The molecule has 2 N–H and O–H groups in total. The number of aromatic amines is 2. The average Bonchev–Trinajstić information content (AvgIpc) is 3.42. The Morgan fingerprint density at radius 3 is 2.29 bits per heavy atom. The number of hydrogen-bond donors (Lipinski definition) is 2. The van der Waals surface area contributed by atoms with Gasteiger partial charge in [0.15, 0.2) is 0 Å². The van der Waals surface area contributed by atoms with E-state index in [1.807, 2.05) is 42.5 Å². The van der Waals surface area contributed by atoms with E-state index in [1.54, 1.807) is 18.6 Å². The topological polar surface area (TPSA) is 83.1 Å². The molecule has 0 radical (unpaired) electrons. The summed E-state index contributed by atoms with van der Waals surface area (Å²) in [6.07, 6.45) is 5.39. The molecule has 0 amide bonds. The molecule has 6 aromatic rings. The van der Waals surface area contributed by atoms with Crippen molar-refractivity contribution in [3.8, 4) is 22.6 Å². The van der Waals surface area contributed by atoms with Gasteiger partial charge in [0.25, 0.3) is 0 Å². The highest BCUT2D eigenvalue weighted by molar-refractivity contribution is 6.21. The van der Waals surface area contributed by atoms with Crippen molar-refractivity contribution >= 4 is 32.8 Å². The number of rotatable bonds is 2. The third-order valence-corrected chi connectivity index (χ3v) is 5.02. The van der Waals surface area contributed by atoms with Crippen LogP contribution in [0.4, 0.5) is 0 Å². The van der Waals surface area contributed by atoms with E-state index in [1.165, 1.54) is 0 Å². The van der Waals surface area contributed by atoms with Crippen molar-refractivity contribution in [3.05, 3.63) is 73.2 Å². The number of pyridine rings is 2. The number of H-pyrrole nitrogens is 2. The molecule has 6 nitrogen and oxygen atoms in total. The maximum Gasteiger partial charge on any atom is 0.142 e. The summed E-state index contributed by atoms with van der Waals surface area (Å²) < 4.78 is 0. The molecular weight excluding hydrogens is 348 g/mol. The molecule has 4 aromatic heterocycles. The largest absolute Gasteiger partial charge is 0.337 e. The fourth-order valence-corrected chi connectivity index (χ4v) is 3.76. The normalized spacial score (nSPS) is 11.6. The monoisotopic (exact) mass is 362 g/mol. The summed E-state index contributed by atoms with van der Waals surface area (Å²) in [5.74, 6) is 0.768. The molecule has 28 heavy (non-hydrogen) atoms. The van der Waals surface area contributed by atoms with Crippen LogP contribution >= 0.6 is 0 Å². The molecule has 132 valence electrons. The molecule has 0 fully saturated rings. The highest BCUT2D eigenvalue weighted by atomic mass is 15.1. The fraction of sp³-hybridized carbons (Fsp3) is 0. The fourth-order valence-electron chi connectivity index (χ4n) is 3.76. The number of hydrogen-bond acceptors (Lipinski definition) is 4. The van der Waals surface area contributed by atoms with Gasteiger partial charge in [-0.15, -0.1) is 0 Å². The van der Waals surface area contributed by atoms with Crippen LogP contribution in [0.15, 0.2) is 73.2 Å². The zero-order chi connectivity index (χ0) is 18.5. The standard InChI is InChI=1S/C22H14N6/c1-2-6-13(7-3-1)17-16(12-25-28-17)22-26-20-14-8-4-10-23-18(14)19-15(21(20)27-22)9-5-11-24-19/h1-12H,(H,25,28)(H,26,27). The summed E-state index contributed by atoms with van der Waals surface area (Å²) in [4.78, 5) is 17.6. The van der Waals surface area contributed by atoms with E-state index >= 15 is 0 Å². The lowest BCUT2D eigenvalue weighted by Gasteiger charge is -2.03. The number of nitrogens with one attached hydrogen (secondary N) is 2. The number of aromatic nitrogens is 6. The number of benzene rings is 2. The molecule has 2 aromatic carbocycles. The van der Waals surface area contributed by atoms with Gasteiger partial charge in [-0.25, -0.2) is 4.98 Å². The second-order valence-corrected chi connectivity index (χ2v) is 6.63. The van der Waals surface area contributed by atoms with Gasteiger partial charge in [0.2, 0.25) is 0 Å². The van der Waals surface area contributed by atoms with Gasteiger partial charge in [-0.3, -0.25) is 15.1 Å². The second kappa shape index (κ2) is 5.72.